The van der Waals surface area contributed by atoms with Gasteiger partial charge in [-0.1, -0.05) is 23.7 Å². The third-order valence-electron chi connectivity index (χ3n) is 2.36. The van der Waals surface area contributed by atoms with E-state index in [0.29, 0.717) is 17.9 Å². The second kappa shape index (κ2) is 3.42. The summed E-state index contributed by atoms with van der Waals surface area (Å²) >= 11 is 5.92. The fourth-order valence-electron chi connectivity index (χ4n) is 1.67. The van der Waals surface area contributed by atoms with Crippen molar-refractivity contribution in [1.82, 2.24) is 0 Å². The number of para-hydroxylation sites is 1. The van der Waals surface area contributed by atoms with E-state index in [2.05, 4.69) is 5.32 Å². The molecule has 4 heteroatoms. The van der Waals surface area contributed by atoms with Gasteiger partial charge in [0.1, 0.15) is 0 Å². The van der Waals surface area contributed by atoms with Gasteiger partial charge in [0.05, 0.1) is 16.6 Å². The summed E-state index contributed by atoms with van der Waals surface area (Å²) in [6.45, 7) is 0.455. The molecule has 0 radical (unpaired) electrons. The molecular formula is C10H8ClNO2. The van der Waals surface area contributed by atoms with E-state index in [1.807, 2.05) is 6.07 Å². The zero-order valence-corrected chi connectivity index (χ0v) is 8.04. The fraction of sp³-hybridized carbons (Fsp3) is 0.200. The van der Waals surface area contributed by atoms with E-state index >= 15 is 0 Å². The van der Waals surface area contributed by atoms with Crippen LogP contribution in [-0.4, -0.2) is 18.6 Å². The minimum atomic E-state index is -0.404. The molecule has 14 heavy (non-hydrogen) atoms. The summed E-state index contributed by atoms with van der Waals surface area (Å²) in [6, 6.07) is 5.34. The molecule has 1 aromatic carbocycles. The Morgan fingerprint density at radius 2 is 2.36 bits per heavy atom. The van der Waals surface area contributed by atoms with Gasteiger partial charge in [-0.3, -0.25) is 9.59 Å². The number of halogens is 1. The quantitative estimate of drug-likeness (QED) is 0.595. The molecular weight excluding hydrogens is 202 g/mol. The molecule has 0 bridgehead atoms. The SMILES string of the molecule is O=CC(=O)C1CNc2c(Cl)cccc21. The number of carbonyl (C=O) groups excluding carboxylic acids is 2. The Morgan fingerprint density at radius 1 is 1.57 bits per heavy atom. The average molecular weight is 210 g/mol. The van der Waals surface area contributed by atoms with Crippen molar-refractivity contribution < 1.29 is 9.59 Å². The van der Waals surface area contributed by atoms with Crippen LogP contribution in [0, 0.1) is 0 Å². The Bertz CT molecular complexity index is 403. The summed E-state index contributed by atoms with van der Waals surface area (Å²) in [5.74, 6) is -0.778. The van der Waals surface area contributed by atoms with Gasteiger partial charge in [-0.15, -0.1) is 0 Å². The molecule has 0 aromatic heterocycles. The molecule has 72 valence electrons. The van der Waals surface area contributed by atoms with E-state index in [0.717, 1.165) is 11.3 Å². The highest BCUT2D eigenvalue weighted by Crippen LogP contribution is 2.36. The summed E-state index contributed by atoms with van der Waals surface area (Å²) in [6.07, 6.45) is 0.363. The van der Waals surface area contributed by atoms with Gasteiger partial charge in [-0.25, -0.2) is 0 Å². The molecule has 0 saturated carbocycles. The van der Waals surface area contributed by atoms with E-state index in [-0.39, 0.29) is 5.92 Å². The lowest BCUT2D eigenvalue weighted by atomic mass is 9.98. The number of hydrogen-bond acceptors (Lipinski definition) is 3. The summed E-state index contributed by atoms with van der Waals surface area (Å²) in [5.41, 5.74) is 1.59. The van der Waals surface area contributed by atoms with Crippen LogP contribution in [-0.2, 0) is 9.59 Å². The van der Waals surface area contributed by atoms with E-state index in [4.69, 9.17) is 11.6 Å². The van der Waals surface area contributed by atoms with Crippen LogP contribution in [0.1, 0.15) is 11.5 Å². The minimum Gasteiger partial charge on any atom is -0.383 e. The van der Waals surface area contributed by atoms with Crippen LogP contribution in [0.2, 0.25) is 5.02 Å². The third-order valence-corrected chi connectivity index (χ3v) is 2.68. The molecule has 1 atom stereocenters. The lowest BCUT2D eigenvalue weighted by Gasteiger charge is -2.03. The normalized spacial score (nSPS) is 18.5. The van der Waals surface area contributed by atoms with Crippen molar-refractivity contribution in [2.45, 2.75) is 5.92 Å². The zero-order chi connectivity index (χ0) is 10.1. The van der Waals surface area contributed by atoms with Crippen LogP contribution in [0.3, 0.4) is 0 Å². The molecule has 0 aliphatic carbocycles. The largest absolute Gasteiger partial charge is 0.383 e. The maximum absolute atomic E-state index is 11.2. The van der Waals surface area contributed by atoms with Crippen LogP contribution in [0.5, 0.6) is 0 Å². The third kappa shape index (κ3) is 1.30. The van der Waals surface area contributed by atoms with Gasteiger partial charge in [0.2, 0.25) is 5.78 Å². The average Bonchev–Trinajstić information content (AvgIpc) is 2.62. The van der Waals surface area contributed by atoms with Gasteiger partial charge in [0.25, 0.3) is 0 Å². The monoisotopic (exact) mass is 209 g/mol. The molecule has 1 heterocycles. The molecule has 2 rings (SSSR count). The van der Waals surface area contributed by atoms with Gasteiger partial charge in [0.15, 0.2) is 6.29 Å². The number of benzene rings is 1. The van der Waals surface area contributed by atoms with Crippen molar-refractivity contribution in [3.05, 3.63) is 28.8 Å². The Morgan fingerprint density at radius 3 is 3.07 bits per heavy atom. The second-order valence-electron chi connectivity index (χ2n) is 3.16. The maximum Gasteiger partial charge on any atom is 0.204 e. The molecule has 1 aliphatic heterocycles. The number of hydrogen-bond donors (Lipinski definition) is 1. The molecule has 0 saturated heterocycles. The number of ketones is 1. The van der Waals surface area contributed by atoms with E-state index in [1.54, 1.807) is 12.1 Å². The van der Waals surface area contributed by atoms with Gasteiger partial charge < -0.3 is 5.32 Å². The minimum absolute atomic E-state index is 0.363. The van der Waals surface area contributed by atoms with Crippen molar-refractivity contribution in [3.63, 3.8) is 0 Å². The Labute approximate surface area is 86.1 Å². The number of rotatable bonds is 2. The topological polar surface area (TPSA) is 46.2 Å². The Balaban J connectivity index is 2.44. The van der Waals surface area contributed by atoms with Crippen LogP contribution >= 0.6 is 11.6 Å². The lowest BCUT2D eigenvalue weighted by molar-refractivity contribution is -0.130. The molecule has 1 aliphatic rings. The first kappa shape index (κ1) is 9.21. The number of fused-ring (bicyclic) bond motifs is 1. The maximum atomic E-state index is 11.2. The summed E-state index contributed by atoms with van der Waals surface area (Å²) in [7, 11) is 0. The van der Waals surface area contributed by atoms with Crippen molar-refractivity contribution in [3.8, 4) is 0 Å². The van der Waals surface area contributed by atoms with E-state index in [9.17, 15) is 9.59 Å². The number of anilines is 1. The highest BCUT2D eigenvalue weighted by Gasteiger charge is 2.28. The molecule has 0 spiro atoms. The molecule has 1 unspecified atom stereocenters. The number of aldehydes is 1. The number of Topliss-reactive ketones (excluding diaryl/α,β-unsaturated/α-hetero) is 1. The lowest BCUT2D eigenvalue weighted by Crippen LogP contribution is -2.15. The van der Waals surface area contributed by atoms with E-state index in [1.165, 1.54) is 0 Å². The molecule has 0 amide bonds. The van der Waals surface area contributed by atoms with Crippen LogP contribution in [0.25, 0.3) is 0 Å². The molecule has 1 aromatic rings. The van der Waals surface area contributed by atoms with Crippen LogP contribution < -0.4 is 5.32 Å². The molecule has 3 nitrogen and oxygen atoms in total. The predicted octanol–water partition coefficient (Wildman–Crippen LogP) is 1.62. The standard InChI is InChI=1S/C10H8ClNO2/c11-8-3-1-2-6-7(9(14)5-13)4-12-10(6)8/h1-3,5,7,12H,4H2. The first-order chi connectivity index (χ1) is 6.74. The predicted molar refractivity (Wildman–Crippen MR) is 53.8 cm³/mol. The number of carbonyl (C=O) groups is 2. The van der Waals surface area contributed by atoms with Crippen molar-refractivity contribution in [1.29, 1.82) is 0 Å². The first-order valence-electron chi connectivity index (χ1n) is 4.25. The summed E-state index contributed by atoms with van der Waals surface area (Å²) in [5, 5.41) is 3.61. The Hall–Kier alpha value is -1.35. The smallest absolute Gasteiger partial charge is 0.204 e. The van der Waals surface area contributed by atoms with Crippen LogP contribution in [0.4, 0.5) is 5.69 Å². The highest BCUT2D eigenvalue weighted by atomic mass is 35.5. The summed E-state index contributed by atoms with van der Waals surface area (Å²) in [4.78, 5) is 21.6. The summed E-state index contributed by atoms with van der Waals surface area (Å²) < 4.78 is 0. The van der Waals surface area contributed by atoms with Crippen LogP contribution in [0.15, 0.2) is 18.2 Å². The molecule has 0 fully saturated rings. The zero-order valence-electron chi connectivity index (χ0n) is 7.29. The van der Waals surface area contributed by atoms with Gasteiger partial charge in [-0.2, -0.15) is 0 Å². The molecule has 1 N–H and O–H groups in total. The van der Waals surface area contributed by atoms with Crippen molar-refractivity contribution in [2.24, 2.45) is 0 Å². The highest BCUT2D eigenvalue weighted by molar-refractivity contribution is 6.34. The number of nitrogens with one attached hydrogen (secondary N) is 1. The second-order valence-corrected chi connectivity index (χ2v) is 3.56. The van der Waals surface area contributed by atoms with E-state index < -0.39 is 5.78 Å². The van der Waals surface area contributed by atoms with Gasteiger partial charge >= 0.3 is 0 Å². The Kier molecular flexibility index (Phi) is 2.25. The fourth-order valence-corrected chi connectivity index (χ4v) is 1.92. The van der Waals surface area contributed by atoms with Gasteiger partial charge in [0, 0.05) is 6.54 Å². The van der Waals surface area contributed by atoms with Crippen molar-refractivity contribution in [2.75, 3.05) is 11.9 Å². The van der Waals surface area contributed by atoms with Crippen molar-refractivity contribution >= 4 is 29.4 Å². The van der Waals surface area contributed by atoms with Gasteiger partial charge in [-0.05, 0) is 11.6 Å². The first-order valence-corrected chi connectivity index (χ1v) is 4.63.